The minimum absolute atomic E-state index is 0.629. The Morgan fingerprint density at radius 3 is 2.79 bits per heavy atom. The van der Waals surface area contributed by atoms with Gasteiger partial charge < -0.3 is 10.2 Å². The van der Waals surface area contributed by atoms with E-state index >= 15 is 0 Å². The van der Waals surface area contributed by atoms with Gasteiger partial charge in [-0.05, 0) is 39.0 Å². The molecular formula is C12H17N2. The maximum Gasteiger partial charge on any atom is 0.0422 e. The lowest BCUT2D eigenvalue weighted by Gasteiger charge is -2.30. The van der Waals surface area contributed by atoms with Crippen LogP contribution in [0.3, 0.4) is 0 Å². The average molecular weight is 189 g/mol. The Labute approximate surface area is 85.9 Å². The number of para-hydroxylation sites is 1. The first-order valence-electron chi connectivity index (χ1n) is 5.26. The monoisotopic (exact) mass is 189 g/mol. The summed E-state index contributed by atoms with van der Waals surface area (Å²) in [5, 5.41) is 3.52. The van der Waals surface area contributed by atoms with E-state index in [0.29, 0.717) is 6.04 Å². The number of nitrogens with one attached hydrogen (secondary N) is 1. The fraction of sp³-hybridized carbons (Fsp3) is 0.500. The van der Waals surface area contributed by atoms with Crippen molar-refractivity contribution in [1.82, 2.24) is 4.90 Å². The van der Waals surface area contributed by atoms with Crippen LogP contribution in [-0.2, 0) is 0 Å². The van der Waals surface area contributed by atoms with E-state index in [0.717, 1.165) is 5.69 Å². The standard InChI is InChI=1S/C12H17N2/c1-14-9-7-12(8-10-14)13-11-5-3-2-4-6-11/h2-5,12-13H,7-10H2,1H3. The molecule has 1 saturated heterocycles. The van der Waals surface area contributed by atoms with E-state index in [1.165, 1.54) is 25.9 Å². The molecule has 0 unspecified atom stereocenters. The van der Waals surface area contributed by atoms with E-state index in [9.17, 15) is 0 Å². The van der Waals surface area contributed by atoms with Crippen molar-refractivity contribution in [2.75, 3.05) is 25.5 Å². The van der Waals surface area contributed by atoms with Crippen LogP contribution in [0.25, 0.3) is 0 Å². The first kappa shape index (κ1) is 9.53. The Bertz CT molecular complexity index is 263. The molecule has 75 valence electrons. The molecule has 0 amide bonds. The van der Waals surface area contributed by atoms with Crippen LogP contribution in [0.1, 0.15) is 12.8 Å². The molecule has 14 heavy (non-hydrogen) atoms. The van der Waals surface area contributed by atoms with Gasteiger partial charge in [-0.3, -0.25) is 0 Å². The largest absolute Gasteiger partial charge is 0.382 e. The van der Waals surface area contributed by atoms with E-state index in [2.05, 4.69) is 29.4 Å². The summed E-state index contributed by atoms with van der Waals surface area (Å²) in [6.45, 7) is 2.40. The lowest BCUT2D eigenvalue weighted by atomic mass is 10.1. The Morgan fingerprint density at radius 1 is 1.36 bits per heavy atom. The van der Waals surface area contributed by atoms with Crippen LogP contribution in [0, 0.1) is 6.07 Å². The predicted molar refractivity (Wildman–Crippen MR) is 59.4 cm³/mol. The number of piperidine rings is 1. The van der Waals surface area contributed by atoms with Crippen LogP contribution in [0.15, 0.2) is 24.3 Å². The van der Waals surface area contributed by atoms with Crippen molar-refractivity contribution in [3.63, 3.8) is 0 Å². The van der Waals surface area contributed by atoms with Crippen LogP contribution < -0.4 is 5.32 Å². The fourth-order valence-corrected chi connectivity index (χ4v) is 1.86. The topological polar surface area (TPSA) is 15.3 Å². The highest BCUT2D eigenvalue weighted by Gasteiger charge is 2.15. The number of anilines is 1. The highest BCUT2D eigenvalue weighted by molar-refractivity contribution is 5.42. The predicted octanol–water partition coefficient (Wildman–Crippen LogP) is 1.99. The molecule has 0 atom stereocenters. The van der Waals surface area contributed by atoms with Crippen molar-refractivity contribution in [2.45, 2.75) is 18.9 Å². The number of rotatable bonds is 2. The third kappa shape index (κ3) is 2.48. The van der Waals surface area contributed by atoms with Gasteiger partial charge in [0, 0.05) is 17.8 Å². The molecular weight excluding hydrogens is 172 g/mol. The Kier molecular flexibility index (Phi) is 3.04. The van der Waals surface area contributed by atoms with Crippen molar-refractivity contribution in [1.29, 1.82) is 0 Å². The number of hydrogen-bond acceptors (Lipinski definition) is 2. The zero-order chi connectivity index (χ0) is 9.80. The minimum Gasteiger partial charge on any atom is -0.382 e. The maximum atomic E-state index is 3.52. The number of nitrogens with zero attached hydrogens (tertiary/aromatic N) is 1. The second-order valence-electron chi connectivity index (χ2n) is 4.00. The zero-order valence-electron chi connectivity index (χ0n) is 8.66. The average Bonchev–Trinajstić information content (AvgIpc) is 2.23. The number of likely N-dealkylation sites (tertiary alicyclic amines) is 1. The van der Waals surface area contributed by atoms with E-state index < -0.39 is 0 Å². The second kappa shape index (κ2) is 4.47. The summed E-state index contributed by atoms with van der Waals surface area (Å²) in [5.41, 5.74) is 1.13. The molecule has 1 aliphatic rings. The first-order chi connectivity index (χ1) is 6.84. The smallest absolute Gasteiger partial charge is 0.0422 e. The summed E-state index contributed by atoms with van der Waals surface area (Å²) in [4.78, 5) is 2.38. The molecule has 0 aromatic heterocycles. The summed E-state index contributed by atoms with van der Waals surface area (Å²) in [5.74, 6) is 0. The summed E-state index contributed by atoms with van der Waals surface area (Å²) in [6.07, 6.45) is 2.47. The third-order valence-corrected chi connectivity index (χ3v) is 2.79. The van der Waals surface area contributed by atoms with Crippen molar-refractivity contribution in [3.8, 4) is 0 Å². The van der Waals surface area contributed by atoms with E-state index in [4.69, 9.17) is 0 Å². The van der Waals surface area contributed by atoms with Gasteiger partial charge >= 0.3 is 0 Å². The lowest BCUT2D eigenvalue weighted by molar-refractivity contribution is 0.264. The molecule has 2 nitrogen and oxygen atoms in total. The van der Waals surface area contributed by atoms with Crippen molar-refractivity contribution in [3.05, 3.63) is 30.3 Å². The van der Waals surface area contributed by atoms with Gasteiger partial charge in [0.25, 0.3) is 0 Å². The Hall–Kier alpha value is -1.02. The van der Waals surface area contributed by atoms with Gasteiger partial charge in [-0.1, -0.05) is 18.2 Å². The summed E-state index contributed by atoms with van der Waals surface area (Å²) < 4.78 is 0. The molecule has 1 heterocycles. The van der Waals surface area contributed by atoms with Crippen molar-refractivity contribution in [2.24, 2.45) is 0 Å². The minimum atomic E-state index is 0.629. The quantitative estimate of drug-likeness (QED) is 0.765. The van der Waals surface area contributed by atoms with Gasteiger partial charge in [0.05, 0.1) is 0 Å². The molecule has 1 aromatic rings. The van der Waals surface area contributed by atoms with E-state index in [1.54, 1.807) is 0 Å². The summed E-state index contributed by atoms with van der Waals surface area (Å²) in [7, 11) is 2.19. The van der Waals surface area contributed by atoms with Gasteiger partial charge in [-0.2, -0.15) is 0 Å². The molecule has 0 bridgehead atoms. The summed E-state index contributed by atoms with van der Waals surface area (Å²) >= 11 is 0. The van der Waals surface area contributed by atoms with Crippen LogP contribution in [0.4, 0.5) is 5.69 Å². The maximum absolute atomic E-state index is 3.52. The molecule has 1 N–H and O–H groups in total. The molecule has 0 saturated carbocycles. The zero-order valence-corrected chi connectivity index (χ0v) is 8.66. The van der Waals surface area contributed by atoms with Crippen molar-refractivity contribution < 1.29 is 0 Å². The van der Waals surface area contributed by atoms with Crippen LogP contribution >= 0.6 is 0 Å². The van der Waals surface area contributed by atoms with Crippen LogP contribution in [0.5, 0.6) is 0 Å². The van der Waals surface area contributed by atoms with Gasteiger partial charge in [0.15, 0.2) is 0 Å². The third-order valence-electron chi connectivity index (χ3n) is 2.79. The molecule has 2 heteroatoms. The van der Waals surface area contributed by atoms with Gasteiger partial charge in [0.1, 0.15) is 0 Å². The first-order valence-corrected chi connectivity index (χ1v) is 5.26. The van der Waals surface area contributed by atoms with Crippen LogP contribution in [0.2, 0.25) is 0 Å². The Balaban J connectivity index is 1.87. The molecule has 1 aromatic carbocycles. The van der Waals surface area contributed by atoms with Gasteiger partial charge in [-0.15, -0.1) is 0 Å². The summed E-state index contributed by atoms with van der Waals surface area (Å²) in [6, 6.07) is 11.9. The molecule has 0 aliphatic carbocycles. The van der Waals surface area contributed by atoms with E-state index in [-0.39, 0.29) is 0 Å². The molecule has 1 radical (unpaired) electrons. The number of hydrogen-bond donors (Lipinski definition) is 1. The van der Waals surface area contributed by atoms with Gasteiger partial charge in [0.2, 0.25) is 0 Å². The van der Waals surface area contributed by atoms with E-state index in [1.807, 2.05) is 18.2 Å². The normalized spacial score (nSPS) is 19.5. The SMILES string of the molecule is CN1CCC(Nc2[c]cccc2)CC1. The second-order valence-corrected chi connectivity index (χ2v) is 4.00. The molecule has 2 rings (SSSR count). The Morgan fingerprint density at radius 2 is 2.14 bits per heavy atom. The van der Waals surface area contributed by atoms with Crippen LogP contribution in [-0.4, -0.2) is 31.1 Å². The lowest BCUT2D eigenvalue weighted by Crippen LogP contribution is -2.36. The highest BCUT2D eigenvalue weighted by Crippen LogP contribution is 2.14. The molecule has 1 fully saturated rings. The highest BCUT2D eigenvalue weighted by atomic mass is 15.1. The molecule has 0 spiro atoms. The van der Waals surface area contributed by atoms with Crippen molar-refractivity contribution >= 4 is 5.69 Å². The van der Waals surface area contributed by atoms with Gasteiger partial charge in [-0.25, -0.2) is 0 Å². The number of benzene rings is 1. The molecule has 1 aliphatic heterocycles. The fourth-order valence-electron chi connectivity index (χ4n) is 1.86.